The Balaban J connectivity index is 0.00000247. The van der Waals surface area contributed by atoms with Crippen LogP contribution in [0.25, 0.3) is 0 Å². The lowest BCUT2D eigenvalue weighted by atomic mass is 10.2. The van der Waals surface area contributed by atoms with E-state index in [1.54, 1.807) is 12.3 Å². The highest BCUT2D eigenvalue weighted by atomic mass is 32.2. The van der Waals surface area contributed by atoms with Crippen LogP contribution in [-0.2, 0) is 11.0 Å². The van der Waals surface area contributed by atoms with E-state index in [1.165, 1.54) is 6.07 Å². The number of carbonyl (C=O) groups is 1. The predicted octanol–water partition coefficient (Wildman–Crippen LogP) is 5.42. The molecule has 0 radical (unpaired) electrons. The molecule has 3 aromatic rings. The summed E-state index contributed by atoms with van der Waals surface area (Å²) in [5.41, 5.74) is 2.05. The van der Waals surface area contributed by atoms with Gasteiger partial charge in [0.15, 0.2) is 0 Å². The predicted molar refractivity (Wildman–Crippen MR) is 147 cm³/mol. The second-order valence-electron chi connectivity index (χ2n) is 7.91. The largest absolute Gasteiger partial charge is 0.416 e. The molecular formula is C27H31F3N6OS. The molecule has 0 aliphatic rings. The number of nitrogens with one attached hydrogen (secondary N) is 4. The highest BCUT2D eigenvalue weighted by molar-refractivity contribution is 7.97. The van der Waals surface area contributed by atoms with Gasteiger partial charge in [0.1, 0.15) is 12.6 Å². The van der Waals surface area contributed by atoms with Crippen molar-refractivity contribution >= 4 is 36.2 Å². The molecule has 38 heavy (non-hydrogen) atoms. The summed E-state index contributed by atoms with van der Waals surface area (Å²) in [7, 11) is 1.91. The maximum absolute atomic E-state index is 12.8. The number of aryl methyl sites for hydroxylation is 1. The summed E-state index contributed by atoms with van der Waals surface area (Å²) in [4.78, 5) is 17.5. The molecule has 0 spiro atoms. The molecular weight excluding hydrogens is 513 g/mol. The number of hydrogen-bond acceptors (Lipinski definition) is 8. The molecule has 1 aromatic heterocycles. The molecule has 1 heterocycles. The number of hydrogen-bond donors (Lipinski definition) is 4. The second kappa shape index (κ2) is 16.3. The van der Waals surface area contributed by atoms with Crippen LogP contribution in [0.3, 0.4) is 0 Å². The van der Waals surface area contributed by atoms with Gasteiger partial charge in [-0.3, -0.25) is 4.72 Å². The number of benzene rings is 2. The number of halogens is 3. The first-order valence-corrected chi connectivity index (χ1v) is 12.6. The molecule has 3 rings (SSSR count). The van der Waals surface area contributed by atoms with Crippen molar-refractivity contribution in [2.45, 2.75) is 30.8 Å². The van der Waals surface area contributed by atoms with Crippen LogP contribution >= 0.6 is 11.9 Å². The average molecular weight is 545 g/mol. The molecule has 11 heteroatoms. The molecule has 0 saturated heterocycles. The van der Waals surface area contributed by atoms with E-state index in [9.17, 15) is 13.2 Å². The topological polar surface area (TPSA) is 91.0 Å². The standard InChI is InChI=1S/C26H29F3N6S.CH2O/c1-19-8-5-11-22(16-19)34-25-32-18-20(24(35-25)31-14-7-13-30-2)9-3-4-15-33-36-23-12-6-10-21(17-23)26(27,28)29;1-2/h5-6,8,10-12,16-18,30,33H,4,7,13-15H2,1-2H3,(H2,31,32,34,35);1H2. The quantitative estimate of drug-likeness (QED) is 0.145. The van der Waals surface area contributed by atoms with Crippen molar-refractivity contribution < 1.29 is 18.0 Å². The highest BCUT2D eigenvalue weighted by Gasteiger charge is 2.30. The van der Waals surface area contributed by atoms with Gasteiger partial charge < -0.3 is 20.7 Å². The van der Waals surface area contributed by atoms with Gasteiger partial charge in [-0.2, -0.15) is 18.2 Å². The van der Waals surface area contributed by atoms with Gasteiger partial charge in [0.2, 0.25) is 5.95 Å². The van der Waals surface area contributed by atoms with E-state index in [0.29, 0.717) is 35.2 Å². The summed E-state index contributed by atoms with van der Waals surface area (Å²) in [5, 5.41) is 9.67. The number of aromatic nitrogens is 2. The van der Waals surface area contributed by atoms with Gasteiger partial charge in [-0.25, -0.2) is 4.98 Å². The van der Waals surface area contributed by atoms with Crippen molar-refractivity contribution in [3.05, 3.63) is 71.4 Å². The van der Waals surface area contributed by atoms with Crippen molar-refractivity contribution in [1.29, 1.82) is 0 Å². The Hall–Kier alpha value is -3.59. The zero-order valence-corrected chi connectivity index (χ0v) is 22.1. The molecule has 0 atom stereocenters. The Labute approximate surface area is 225 Å². The zero-order valence-electron chi connectivity index (χ0n) is 21.3. The lowest BCUT2D eigenvalue weighted by Crippen LogP contribution is -2.14. The van der Waals surface area contributed by atoms with E-state index in [1.807, 2.05) is 45.0 Å². The molecule has 0 aliphatic heterocycles. The number of anilines is 3. The molecule has 0 amide bonds. The smallest absolute Gasteiger partial charge is 0.369 e. The first-order chi connectivity index (χ1) is 18.3. The van der Waals surface area contributed by atoms with E-state index in [-0.39, 0.29) is 0 Å². The van der Waals surface area contributed by atoms with Crippen LogP contribution < -0.4 is 20.7 Å². The van der Waals surface area contributed by atoms with Crippen molar-refractivity contribution in [2.75, 3.05) is 37.3 Å². The van der Waals surface area contributed by atoms with Gasteiger partial charge in [-0.1, -0.05) is 30.0 Å². The summed E-state index contributed by atoms with van der Waals surface area (Å²) < 4.78 is 41.6. The second-order valence-corrected chi connectivity index (χ2v) is 8.87. The van der Waals surface area contributed by atoms with E-state index in [0.717, 1.165) is 54.8 Å². The molecule has 0 bridgehead atoms. The Morgan fingerprint density at radius 1 is 1.05 bits per heavy atom. The Morgan fingerprint density at radius 2 is 1.84 bits per heavy atom. The molecule has 4 N–H and O–H groups in total. The van der Waals surface area contributed by atoms with Gasteiger partial charge in [-0.15, -0.1) is 0 Å². The minimum atomic E-state index is -4.35. The van der Waals surface area contributed by atoms with Crippen LogP contribution in [-0.4, -0.2) is 43.4 Å². The maximum Gasteiger partial charge on any atom is 0.416 e. The summed E-state index contributed by atoms with van der Waals surface area (Å²) in [6.45, 7) is 6.13. The highest BCUT2D eigenvalue weighted by Crippen LogP contribution is 2.31. The maximum atomic E-state index is 12.8. The number of rotatable bonds is 11. The van der Waals surface area contributed by atoms with Gasteiger partial charge in [-0.05, 0) is 74.8 Å². The van der Waals surface area contributed by atoms with E-state index in [4.69, 9.17) is 4.79 Å². The Morgan fingerprint density at radius 3 is 2.58 bits per heavy atom. The molecule has 2 aromatic carbocycles. The van der Waals surface area contributed by atoms with Crippen molar-refractivity contribution in [3.63, 3.8) is 0 Å². The van der Waals surface area contributed by atoms with Crippen molar-refractivity contribution in [3.8, 4) is 11.8 Å². The minimum absolute atomic E-state index is 0.474. The fourth-order valence-electron chi connectivity index (χ4n) is 3.13. The third kappa shape index (κ3) is 10.8. The Kier molecular flexibility index (Phi) is 13.1. The summed E-state index contributed by atoms with van der Waals surface area (Å²) in [5.74, 6) is 7.31. The van der Waals surface area contributed by atoms with Crippen LogP contribution in [0.5, 0.6) is 0 Å². The lowest BCUT2D eigenvalue weighted by Gasteiger charge is -2.11. The monoisotopic (exact) mass is 544 g/mol. The number of carbonyl (C=O) groups excluding carboxylic acids is 1. The molecule has 0 saturated carbocycles. The number of alkyl halides is 3. The minimum Gasteiger partial charge on any atom is -0.369 e. The fraction of sp³-hybridized carbons (Fsp3) is 0.296. The van der Waals surface area contributed by atoms with Gasteiger partial charge >= 0.3 is 6.18 Å². The van der Waals surface area contributed by atoms with Crippen LogP contribution in [0.2, 0.25) is 0 Å². The van der Waals surface area contributed by atoms with Gasteiger partial charge in [0.25, 0.3) is 0 Å². The van der Waals surface area contributed by atoms with Crippen molar-refractivity contribution in [1.82, 2.24) is 20.0 Å². The van der Waals surface area contributed by atoms with Crippen LogP contribution in [0, 0.1) is 18.8 Å². The molecule has 0 unspecified atom stereocenters. The summed E-state index contributed by atoms with van der Waals surface area (Å²) in [6, 6.07) is 13.2. The Bertz CT molecular complexity index is 1210. The van der Waals surface area contributed by atoms with E-state index < -0.39 is 11.7 Å². The molecule has 0 aliphatic carbocycles. The van der Waals surface area contributed by atoms with E-state index >= 15 is 0 Å². The normalized spacial score (nSPS) is 10.6. The van der Waals surface area contributed by atoms with Crippen LogP contribution in [0.1, 0.15) is 29.5 Å². The number of nitrogens with zero attached hydrogens (tertiary/aromatic N) is 2. The molecule has 7 nitrogen and oxygen atoms in total. The fourth-order valence-corrected chi connectivity index (χ4v) is 3.84. The summed E-state index contributed by atoms with van der Waals surface area (Å²) in [6.07, 6.45) is -1.24. The average Bonchev–Trinajstić information content (AvgIpc) is 2.90. The van der Waals surface area contributed by atoms with Crippen LogP contribution in [0.15, 0.2) is 59.6 Å². The first kappa shape index (κ1) is 30.6. The van der Waals surface area contributed by atoms with E-state index in [2.05, 4.69) is 42.5 Å². The lowest BCUT2D eigenvalue weighted by molar-refractivity contribution is -0.137. The zero-order chi connectivity index (χ0) is 27.8. The third-order valence-electron chi connectivity index (χ3n) is 4.89. The SMILES string of the molecule is C=O.CNCCCNc1nc(Nc2cccc(C)c2)ncc1C#CCCNSc1cccc(C(F)(F)F)c1. The third-order valence-corrected chi connectivity index (χ3v) is 5.72. The van der Waals surface area contributed by atoms with Gasteiger partial charge in [0.05, 0.1) is 17.3 Å². The summed E-state index contributed by atoms with van der Waals surface area (Å²) >= 11 is 1.15. The van der Waals surface area contributed by atoms with Crippen molar-refractivity contribution in [2.24, 2.45) is 0 Å². The first-order valence-electron chi connectivity index (χ1n) is 11.8. The molecule has 202 valence electrons. The van der Waals surface area contributed by atoms with Gasteiger partial charge in [0, 0.05) is 30.1 Å². The van der Waals surface area contributed by atoms with Crippen LogP contribution in [0.4, 0.5) is 30.6 Å². The molecule has 0 fully saturated rings.